The molecule has 0 aliphatic heterocycles. The van der Waals surface area contributed by atoms with Crippen molar-refractivity contribution in [2.24, 2.45) is 0 Å². The summed E-state index contributed by atoms with van der Waals surface area (Å²) in [6.07, 6.45) is 0.276. The molecule has 2 N–H and O–H groups in total. The number of aryl methyl sites for hydroxylation is 1. The highest BCUT2D eigenvalue weighted by atomic mass is 16.3. The number of para-hydroxylation sites is 3. The van der Waals surface area contributed by atoms with Crippen LogP contribution in [-0.2, 0) is 11.3 Å². The van der Waals surface area contributed by atoms with E-state index in [2.05, 4.69) is 5.32 Å². The zero-order valence-electron chi connectivity index (χ0n) is 15.5. The number of phenolic OH excluding ortho intramolecular Hbond substituents is 1. The SMILES string of the molecule is O=C(CCn1c2ccccc2c2nc3ccccc3nc21)Nc1cccc(O)c1. The van der Waals surface area contributed by atoms with Crippen LogP contribution in [0.2, 0.25) is 0 Å². The number of amides is 1. The van der Waals surface area contributed by atoms with Crippen LogP contribution >= 0.6 is 0 Å². The van der Waals surface area contributed by atoms with Crippen molar-refractivity contribution in [3.05, 3.63) is 72.8 Å². The summed E-state index contributed by atoms with van der Waals surface area (Å²) < 4.78 is 2.05. The summed E-state index contributed by atoms with van der Waals surface area (Å²) in [5.41, 5.74) is 4.87. The number of hydrogen-bond acceptors (Lipinski definition) is 4. The van der Waals surface area contributed by atoms with Gasteiger partial charge >= 0.3 is 0 Å². The molecule has 5 aromatic rings. The van der Waals surface area contributed by atoms with Gasteiger partial charge in [-0.1, -0.05) is 36.4 Å². The van der Waals surface area contributed by atoms with Gasteiger partial charge in [0.25, 0.3) is 0 Å². The number of fused-ring (bicyclic) bond motifs is 4. The fraction of sp³-hybridized carbons (Fsp3) is 0.0870. The van der Waals surface area contributed by atoms with E-state index in [0.717, 1.165) is 33.1 Å². The van der Waals surface area contributed by atoms with Gasteiger partial charge in [-0.15, -0.1) is 0 Å². The number of aromatic hydroxyl groups is 1. The summed E-state index contributed by atoms with van der Waals surface area (Å²) in [5.74, 6) is -0.0115. The maximum Gasteiger partial charge on any atom is 0.226 e. The summed E-state index contributed by atoms with van der Waals surface area (Å²) >= 11 is 0. The van der Waals surface area contributed by atoms with Crippen LogP contribution in [0.25, 0.3) is 33.1 Å². The van der Waals surface area contributed by atoms with Crippen molar-refractivity contribution in [3.8, 4) is 5.75 Å². The number of phenols is 1. The number of nitrogens with zero attached hydrogens (tertiary/aromatic N) is 3. The van der Waals surface area contributed by atoms with Gasteiger partial charge in [-0.2, -0.15) is 0 Å². The lowest BCUT2D eigenvalue weighted by molar-refractivity contribution is -0.116. The van der Waals surface area contributed by atoms with Gasteiger partial charge in [0, 0.05) is 30.1 Å². The van der Waals surface area contributed by atoms with Gasteiger partial charge in [0.1, 0.15) is 11.3 Å². The zero-order chi connectivity index (χ0) is 19.8. The first-order valence-corrected chi connectivity index (χ1v) is 9.42. The van der Waals surface area contributed by atoms with Gasteiger partial charge in [0.2, 0.25) is 5.91 Å². The fourth-order valence-electron chi connectivity index (χ4n) is 3.63. The number of carbonyl (C=O) groups is 1. The number of anilines is 1. The van der Waals surface area contributed by atoms with E-state index in [1.807, 2.05) is 53.1 Å². The number of nitrogens with one attached hydrogen (secondary N) is 1. The number of aromatic nitrogens is 3. The molecule has 0 aliphatic carbocycles. The van der Waals surface area contributed by atoms with Gasteiger partial charge in [-0.25, -0.2) is 9.97 Å². The van der Waals surface area contributed by atoms with E-state index in [1.54, 1.807) is 18.2 Å². The molecule has 0 atom stereocenters. The van der Waals surface area contributed by atoms with Crippen LogP contribution in [0.15, 0.2) is 72.8 Å². The summed E-state index contributed by atoms with van der Waals surface area (Å²) in [7, 11) is 0. The van der Waals surface area contributed by atoms with E-state index in [1.165, 1.54) is 6.07 Å². The van der Waals surface area contributed by atoms with Gasteiger partial charge < -0.3 is 15.0 Å². The van der Waals surface area contributed by atoms with E-state index in [-0.39, 0.29) is 18.1 Å². The second-order valence-electron chi connectivity index (χ2n) is 6.90. The maximum absolute atomic E-state index is 12.5. The van der Waals surface area contributed by atoms with Crippen LogP contribution in [0.1, 0.15) is 6.42 Å². The molecule has 0 spiro atoms. The van der Waals surface area contributed by atoms with Gasteiger partial charge in [0.05, 0.1) is 16.6 Å². The van der Waals surface area contributed by atoms with Crippen molar-refractivity contribution in [1.82, 2.24) is 14.5 Å². The predicted molar refractivity (Wildman–Crippen MR) is 114 cm³/mol. The Kier molecular flexibility index (Phi) is 4.09. The Bertz CT molecular complexity index is 1370. The summed E-state index contributed by atoms with van der Waals surface area (Å²) in [4.78, 5) is 22.1. The van der Waals surface area contributed by atoms with Crippen LogP contribution in [0.3, 0.4) is 0 Å². The molecule has 0 unspecified atom stereocenters. The summed E-state index contributed by atoms with van der Waals surface area (Å²) in [5, 5.41) is 13.4. The lowest BCUT2D eigenvalue weighted by atomic mass is 10.2. The van der Waals surface area contributed by atoms with Crippen LogP contribution in [0.4, 0.5) is 5.69 Å². The highest BCUT2D eigenvalue weighted by Gasteiger charge is 2.15. The minimum atomic E-state index is -0.129. The Balaban J connectivity index is 1.51. The first kappa shape index (κ1) is 17.2. The first-order valence-electron chi connectivity index (χ1n) is 9.42. The Morgan fingerprint density at radius 1 is 0.931 bits per heavy atom. The molecule has 1 amide bonds. The Hall–Kier alpha value is -3.93. The largest absolute Gasteiger partial charge is 0.508 e. The van der Waals surface area contributed by atoms with E-state index in [0.29, 0.717) is 12.2 Å². The topological polar surface area (TPSA) is 80.0 Å². The monoisotopic (exact) mass is 382 g/mol. The van der Waals surface area contributed by atoms with Crippen molar-refractivity contribution >= 4 is 44.7 Å². The first-order chi connectivity index (χ1) is 14.2. The number of benzene rings is 3. The van der Waals surface area contributed by atoms with Gasteiger partial charge in [0.15, 0.2) is 5.65 Å². The molecule has 142 valence electrons. The van der Waals surface area contributed by atoms with Crippen LogP contribution in [0.5, 0.6) is 5.75 Å². The average Bonchev–Trinajstić information content (AvgIpc) is 3.03. The molecule has 0 radical (unpaired) electrons. The standard InChI is InChI=1S/C23H18N4O2/c28-16-7-5-6-15(14-16)24-21(29)12-13-27-20-11-4-1-8-17(20)22-23(27)26-19-10-3-2-9-18(19)25-22/h1-11,14,28H,12-13H2,(H,24,29). The third-order valence-electron chi connectivity index (χ3n) is 4.95. The van der Waals surface area contributed by atoms with Crippen molar-refractivity contribution in [2.45, 2.75) is 13.0 Å². The third-order valence-corrected chi connectivity index (χ3v) is 4.95. The number of carbonyl (C=O) groups excluding carboxylic acids is 1. The molecule has 6 heteroatoms. The van der Waals surface area contributed by atoms with E-state index in [4.69, 9.17) is 9.97 Å². The summed E-state index contributed by atoms with van der Waals surface area (Å²) in [6.45, 7) is 0.474. The molecule has 5 rings (SSSR count). The fourth-order valence-corrected chi connectivity index (χ4v) is 3.63. The zero-order valence-corrected chi connectivity index (χ0v) is 15.5. The normalized spacial score (nSPS) is 11.3. The van der Waals surface area contributed by atoms with Crippen molar-refractivity contribution in [3.63, 3.8) is 0 Å². The molecule has 0 fully saturated rings. The molecule has 6 nitrogen and oxygen atoms in total. The van der Waals surface area contributed by atoms with E-state index in [9.17, 15) is 9.90 Å². The van der Waals surface area contributed by atoms with Crippen LogP contribution < -0.4 is 5.32 Å². The maximum atomic E-state index is 12.5. The minimum Gasteiger partial charge on any atom is -0.508 e. The predicted octanol–water partition coefficient (Wildman–Crippen LogP) is 4.47. The minimum absolute atomic E-state index is 0.118. The lowest BCUT2D eigenvalue weighted by Crippen LogP contribution is -2.14. The van der Waals surface area contributed by atoms with E-state index >= 15 is 0 Å². The lowest BCUT2D eigenvalue weighted by Gasteiger charge is -2.08. The van der Waals surface area contributed by atoms with Gasteiger partial charge in [-0.05, 0) is 30.3 Å². The molecule has 0 bridgehead atoms. The molecule has 2 aromatic heterocycles. The molecule has 3 aromatic carbocycles. The Labute approximate surface area is 166 Å². The smallest absolute Gasteiger partial charge is 0.226 e. The number of hydrogen-bond donors (Lipinski definition) is 2. The van der Waals surface area contributed by atoms with Crippen LogP contribution in [0, 0.1) is 0 Å². The number of rotatable bonds is 4. The molecular formula is C23H18N4O2. The van der Waals surface area contributed by atoms with E-state index < -0.39 is 0 Å². The quantitative estimate of drug-likeness (QED) is 0.480. The highest BCUT2D eigenvalue weighted by molar-refractivity contribution is 6.06. The summed E-state index contributed by atoms with van der Waals surface area (Å²) in [6, 6.07) is 22.3. The average molecular weight is 382 g/mol. The highest BCUT2D eigenvalue weighted by Crippen LogP contribution is 2.28. The second kappa shape index (κ2) is 6.91. The van der Waals surface area contributed by atoms with Crippen molar-refractivity contribution < 1.29 is 9.90 Å². The Morgan fingerprint density at radius 3 is 2.52 bits per heavy atom. The molecular weight excluding hydrogens is 364 g/mol. The molecule has 2 heterocycles. The molecule has 0 saturated carbocycles. The molecule has 29 heavy (non-hydrogen) atoms. The van der Waals surface area contributed by atoms with Crippen molar-refractivity contribution in [1.29, 1.82) is 0 Å². The molecule has 0 saturated heterocycles. The van der Waals surface area contributed by atoms with Gasteiger partial charge in [-0.3, -0.25) is 4.79 Å². The van der Waals surface area contributed by atoms with Crippen molar-refractivity contribution in [2.75, 3.05) is 5.32 Å². The third kappa shape index (κ3) is 3.14. The van der Waals surface area contributed by atoms with Crippen LogP contribution in [-0.4, -0.2) is 25.5 Å². The second-order valence-corrected chi connectivity index (χ2v) is 6.90. The Morgan fingerprint density at radius 2 is 1.69 bits per heavy atom. The molecule has 0 aliphatic rings.